The molecule has 4 rings (SSSR count). The maximum absolute atomic E-state index is 12.1. The van der Waals surface area contributed by atoms with Crippen LogP contribution in [0.5, 0.6) is 0 Å². The summed E-state index contributed by atoms with van der Waals surface area (Å²) in [5, 5.41) is 12.1. The van der Waals surface area contributed by atoms with E-state index in [0.29, 0.717) is 0 Å². The SMILES string of the molecule is CO[C@H]1O[C@H](COCc2ccccc2)[C@@](O)(C(Cl)(Cl)Cl)[C@H](OCc2ccccc2)[C@H]1OCc1ccccc1. The Kier molecular flexibility index (Phi) is 10.5. The number of hydrogen-bond acceptors (Lipinski definition) is 6. The van der Waals surface area contributed by atoms with E-state index in [4.69, 9.17) is 58.5 Å². The van der Waals surface area contributed by atoms with Gasteiger partial charge >= 0.3 is 0 Å². The third-order valence-corrected chi connectivity index (χ3v) is 7.32. The van der Waals surface area contributed by atoms with Gasteiger partial charge in [0.2, 0.25) is 3.79 Å². The van der Waals surface area contributed by atoms with Crippen molar-refractivity contribution in [3.8, 4) is 0 Å². The summed E-state index contributed by atoms with van der Waals surface area (Å²) in [6, 6.07) is 28.7. The van der Waals surface area contributed by atoms with Crippen molar-refractivity contribution in [1.29, 1.82) is 0 Å². The summed E-state index contributed by atoms with van der Waals surface area (Å²) < 4.78 is 28.0. The summed E-state index contributed by atoms with van der Waals surface area (Å²) in [7, 11) is 1.49. The number of alkyl halides is 3. The minimum atomic E-state index is -2.22. The fourth-order valence-electron chi connectivity index (χ4n) is 4.39. The molecule has 0 saturated carbocycles. The lowest BCUT2D eigenvalue weighted by atomic mass is 9.84. The van der Waals surface area contributed by atoms with Crippen LogP contribution in [0.3, 0.4) is 0 Å². The molecule has 0 spiro atoms. The number of rotatable bonds is 11. The monoisotopic (exact) mass is 580 g/mol. The first-order valence-electron chi connectivity index (χ1n) is 12.2. The molecule has 0 radical (unpaired) electrons. The molecule has 0 unspecified atom stereocenters. The average molecular weight is 582 g/mol. The van der Waals surface area contributed by atoms with Crippen LogP contribution in [0.15, 0.2) is 91.0 Å². The molecule has 0 bridgehead atoms. The highest BCUT2D eigenvalue weighted by Crippen LogP contribution is 2.49. The lowest BCUT2D eigenvalue weighted by Crippen LogP contribution is -2.73. The molecule has 9 heteroatoms. The molecule has 1 N–H and O–H groups in total. The highest BCUT2D eigenvalue weighted by atomic mass is 35.6. The zero-order chi connectivity index (χ0) is 27.0. The molecule has 3 aromatic carbocycles. The van der Waals surface area contributed by atoms with Crippen LogP contribution in [-0.4, -0.2) is 52.8 Å². The van der Waals surface area contributed by atoms with E-state index in [2.05, 4.69) is 0 Å². The first kappa shape index (κ1) is 29.3. The van der Waals surface area contributed by atoms with Gasteiger partial charge in [-0.05, 0) is 16.7 Å². The second-order valence-corrected chi connectivity index (χ2v) is 11.3. The zero-order valence-corrected chi connectivity index (χ0v) is 23.2. The van der Waals surface area contributed by atoms with Crippen molar-refractivity contribution in [2.45, 2.75) is 53.8 Å². The lowest BCUT2D eigenvalue weighted by Gasteiger charge is -2.53. The minimum absolute atomic E-state index is 0.0875. The maximum atomic E-state index is 12.1. The van der Waals surface area contributed by atoms with Gasteiger partial charge in [0.1, 0.15) is 18.3 Å². The maximum Gasteiger partial charge on any atom is 0.224 e. The van der Waals surface area contributed by atoms with E-state index in [1.807, 2.05) is 91.0 Å². The van der Waals surface area contributed by atoms with Gasteiger partial charge in [-0.1, -0.05) is 126 Å². The number of halogens is 3. The van der Waals surface area contributed by atoms with E-state index in [-0.39, 0.29) is 26.4 Å². The van der Waals surface area contributed by atoms with Gasteiger partial charge in [0.25, 0.3) is 0 Å². The fraction of sp³-hybridized carbons (Fsp3) is 0.379. The van der Waals surface area contributed by atoms with Gasteiger partial charge in [0.15, 0.2) is 11.9 Å². The van der Waals surface area contributed by atoms with E-state index in [1.54, 1.807) is 0 Å². The molecule has 1 fully saturated rings. The molecule has 1 heterocycles. The Bertz CT molecular complexity index is 1100. The van der Waals surface area contributed by atoms with Crippen molar-refractivity contribution in [2.75, 3.05) is 13.7 Å². The number of hydrogen-bond donors (Lipinski definition) is 1. The van der Waals surface area contributed by atoms with Gasteiger partial charge in [-0.2, -0.15) is 0 Å². The summed E-state index contributed by atoms with van der Waals surface area (Å²) in [5.41, 5.74) is 0.581. The molecule has 0 aliphatic carbocycles. The molecule has 1 saturated heterocycles. The molecular weight excluding hydrogens is 551 g/mol. The van der Waals surface area contributed by atoms with Crippen LogP contribution in [-0.2, 0) is 43.5 Å². The first-order valence-corrected chi connectivity index (χ1v) is 13.4. The van der Waals surface area contributed by atoms with Crippen molar-refractivity contribution < 1.29 is 28.8 Å². The Hall–Kier alpha value is -1.71. The molecule has 38 heavy (non-hydrogen) atoms. The Morgan fingerprint density at radius 3 is 1.71 bits per heavy atom. The van der Waals surface area contributed by atoms with Crippen LogP contribution >= 0.6 is 34.8 Å². The molecule has 3 aromatic rings. The van der Waals surface area contributed by atoms with E-state index >= 15 is 0 Å². The molecule has 1 aliphatic heterocycles. The van der Waals surface area contributed by atoms with Crippen molar-refractivity contribution >= 4 is 34.8 Å². The second-order valence-electron chi connectivity index (χ2n) is 9.03. The van der Waals surface area contributed by atoms with Gasteiger partial charge in [0, 0.05) is 7.11 Å². The minimum Gasteiger partial charge on any atom is -0.380 e. The summed E-state index contributed by atoms with van der Waals surface area (Å²) in [6.45, 7) is 0.520. The van der Waals surface area contributed by atoms with Crippen LogP contribution < -0.4 is 0 Å². The second kappa shape index (κ2) is 13.6. The predicted molar refractivity (Wildman–Crippen MR) is 147 cm³/mol. The lowest BCUT2D eigenvalue weighted by molar-refractivity contribution is -0.345. The topological polar surface area (TPSA) is 66.4 Å². The Balaban J connectivity index is 1.62. The van der Waals surface area contributed by atoms with Crippen LogP contribution in [0, 0.1) is 0 Å². The average Bonchev–Trinajstić information content (AvgIpc) is 2.93. The van der Waals surface area contributed by atoms with Crippen LogP contribution in [0.25, 0.3) is 0 Å². The molecule has 1 aliphatic rings. The Labute approximate surface area is 238 Å². The standard InChI is InChI=1S/C29H31Cl3O6/c1-34-27-25(36-18-22-13-7-3-8-14-22)26(37-19-23-15-9-4-10-16-23)28(33,29(30,31)32)24(38-27)20-35-17-21-11-5-2-6-12-21/h2-16,24-27,33H,17-20H2,1H3/t24-,25-,26-,27+,28+/m1/s1. The Morgan fingerprint density at radius 2 is 1.24 bits per heavy atom. The van der Waals surface area contributed by atoms with Gasteiger partial charge in [-0.25, -0.2) is 0 Å². The first-order chi connectivity index (χ1) is 18.3. The van der Waals surface area contributed by atoms with Gasteiger partial charge in [-0.15, -0.1) is 0 Å². The van der Waals surface area contributed by atoms with Gasteiger partial charge in [-0.3, -0.25) is 0 Å². The van der Waals surface area contributed by atoms with Crippen LogP contribution in [0.4, 0.5) is 0 Å². The van der Waals surface area contributed by atoms with Gasteiger partial charge < -0.3 is 28.8 Å². The highest BCUT2D eigenvalue weighted by molar-refractivity contribution is 6.68. The van der Waals surface area contributed by atoms with Crippen molar-refractivity contribution in [3.63, 3.8) is 0 Å². The fourth-order valence-corrected chi connectivity index (χ4v) is 5.08. The predicted octanol–water partition coefficient (Wildman–Crippen LogP) is 5.85. The molecule has 5 atom stereocenters. The summed E-state index contributed by atoms with van der Waals surface area (Å²) >= 11 is 19.4. The molecule has 0 aromatic heterocycles. The van der Waals surface area contributed by atoms with Gasteiger partial charge in [0.05, 0.1) is 26.4 Å². The third-order valence-electron chi connectivity index (χ3n) is 6.41. The normalized spacial score (nSPS) is 25.8. The molecule has 6 nitrogen and oxygen atoms in total. The summed E-state index contributed by atoms with van der Waals surface area (Å²) in [4.78, 5) is 0. The van der Waals surface area contributed by atoms with E-state index < -0.39 is 34.0 Å². The highest BCUT2D eigenvalue weighted by Gasteiger charge is 2.66. The van der Waals surface area contributed by atoms with E-state index in [9.17, 15) is 5.11 Å². The molecule has 204 valence electrons. The molecular formula is C29H31Cl3O6. The van der Waals surface area contributed by atoms with Crippen molar-refractivity contribution in [1.82, 2.24) is 0 Å². The summed E-state index contributed by atoms with van der Waals surface area (Å²) in [5.74, 6) is 0. The summed E-state index contributed by atoms with van der Waals surface area (Å²) in [6.07, 6.45) is -4.13. The smallest absolute Gasteiger partial charge is 0.224 e. The third kappa shape index (κ3) is 7.07. The van der Waals surface area contributed by atoms with Crippen LogP contribution in [0.1, 0.15) is 16.7 Å². The number of ether oxygens (including phenoxy) is 5. The largest absolute Gasteiger partial charge is 0.380 e. The van der Waals surface area contributed by atoms with Crippen molar-refractivity contribution in [3.05, 3.63) is 108 Å². The van der Waals surface area contributed by atoms with E-state index in [0.717, 1.165) is 16.7 Å². The zero-order valence-electron chi connectivity index (χ0n) is 20.9. The van der Waals surface area contributed by atoms with E-state index in [1.165, 1.54) is 7.11 Å². The molecule has 0 amide bonds. The number of aliphatic hydroxyl groups is 1. The van der Waals surface area contributed by atoms with Crippen molar-refractivity contribution in [2.24, 2.45) is 0 Å². The number of methoxy groups -OCH3 is 1. The number of benzene rings is 3. The van der Waals surface area contributed by atoms with Crippen LogP contribution in [0.2, 0.25) is 0 Å². The quantitative estimate of drug-likeness (QED) is 0.287. The Morgan fingerprint density at radius 1 is 0.763 bits per heavy atom.